The molecule has 1 aliphatic carbocycles. The summed E-state index contributed by atoms with van der Waals surface area (Å²) in [5, 5.41) is 23.0. The summed E-state index contributed by atoms with van der Waals surface area (Å²) in [6.07, 6.45) is 7.19. The monoisotopic (exact) mass is 405 g/mol. The molecule has 0 unspecified atom stereocenters. The molecule has 0 aliphatic heterocycles. The summed E-state index contributed by atoms with van der Waals surface area (Å²) in [7, 11) is 1.44. The second-order valence-corrected chi connectivity index (χ2v) is 6.93. The van der Waals surface area contributed by atoms with E-state index in [9.17, 15) is 10.1 Å². The lowest BCUT2D eigenvalue weighted by Crippen LogP contribution is -2.10. The van der Waals surface area contributed by atoms with Crippen LogP contribution in [0.4, 0.5) is 5.69 Å². The van der Waals surface area contributed by atoms with E-state index in [1.807, 2.05) is 0 Å². The van der Waals surface area contributed by atoms with Crippen LogP contribution in [0.5, 0.6) is 11.5 Å². The smallest absolute Gasteiger partial charge is 0.315 e. The van der Waals surface area contributed by atoms with Crippen molar-refractivity contribution in [3.63, 3.8) is 0 Å². The van der Waals surface area contributed by atoms with Gasteiger partial charge in [0.25, 0.3) is 0 Å². The third-order valence-corrected chi connectivity index (χ3v) is 5.00. The van der Waals surface area contributed by atoms with E-state index < -0.39 is 4.92 Å². The first kappa shape index (κ1) is 20.0. The minimum atomic E-state index is -0.498. The molecule has 28 heavy (non-hydrogen) atoms. The van der Waals surface area contributed by atoms with Crippen LogP contribution in [0.15, 0.2) is 17.2 Å². The number of nitrogens with one attached hydrogen (secondary N) is 1. The summed E-state index contributed by atoms with van der Waals surface area (Å²) >= 11 is 5.31. The number of nitrogens with zero attached hydrogens (tertiary/aromatic N) is 4. The van der Waals surface area contributed by atoms with Gasteiger partial charge in [0, 0.05) is 17.5 Å². The number of H-pyrrole nitrogens is 1. The molecule has 0 bridgehead atoms. The number of aromatic nitrogens is 3. The molecule has 1 saturated carbocycles. The van der Waals surface area contributed by atoms with Gasteiger partial charge in [-0.1, -0.05) is 19.3 Å². The van der Waals surface area contributed by atoms with Gasteiger partial charge in [-0.15, -0.1) is 0 Å². The first-order chi connectivity index (χ1) is 13.5. The number of aromatic amines is 1. The fraction of sp³-hybridized carbons (Fsp3) is 0.500. The summed E-state index contributed by atoms with van der Waals surface area (Å²) in [6.45, 7) is 2.05. The van der Waals surface area contributed by atoms with Gasteiger partial charge >= 0.3 is 5.69 Å². The summed E-state index contributed by atoms with van der Waals surface area (Å²) in [5.74, 6) is 1.49. The second-order valence-electron chi connectivity index (χ2n) is 6.54. The average molecular weight is 405 g/mol. The Bertz CT molecular complexity index is 931. The number of hydrogen-bond donors (Lipinski definition) is 1. The molecule has 1 N–H and O–H groups in total. The van der Waals surface area contributed by atoms with Crippen molar-refractivity contribution in [1.29, 1.82) is 0 Å². The van der Waals surface area contributed by atoms with Crippen LogP contribution in [-0.2, 0) is 0 Å². The SMILES string of the molecule is CCOc1c(OC)cc(/C=N\n2c(C3CCCCC3)n[nH]c2=S)cc1[N+](=O)[O-]. The number of ether oxygens (including phenoxy) is 2. The summed E-state index contributed by atoms with van der Waals surface area (Å²) < 4.78 is 12.7. The van der Waals surface area contributed by atoms with E-state index >= 15 is 0 Å². The molecule has 9 nitrogen and oxygen atoms in total. The Hall–Kier alpha value is -2.75. The Kier molecular flexibility index (Phi) is 6.40. The van der Waals surface area contributed by atoms with E-state index in [1.54, 1.807) is 17.7 Å². The topological polar surface area (TPSA) is 108 Å². The predicted octanol–water partition coefficient (Wildman–Crippen LogP) is 4.19. The quantitative estimate of drug-likeness (QED) is 0.320. The van der Waals surface area contributed by atoms with Gasteiger partial charge in [-0.3, -0.25) is 15.2 Å². The molecule has 0 amide bonds. The third kappa shape index (κ3) is 4.22. The Morgan fingerprint density at radius 2 is 2.18 bits per heavy atom. The zero-order valence-corrected chi connectivity index (χ0v) is 16.7. The fourth-order valence-electron chi connectivity index (χ4n) is 3.42. The number of nitro groups is 1. The van der Waals surface area contributed by atoms with Crippen LogP contribution < -0.4 is 9.47 Å². The van der Waals surface area contributed by atoms with Crippen molar-refractivity contribution in [1.82, 2.24) is 14.9 Å². The second kappa shape index (κ2) is 8.96. The van der Waals surface area contributed by atoms with Crippen LogP contribution in [0, 0.1) is 14.9 Å². The van der Waals surface area contributed by atoms with Crippen LogP contribution in [-0.4, -0.2) is 39.7 Å². The van der Waals surface area contributed by atoms with Crippen LogP contribution >= 0.6 is 12.2 Å². The molecule has 1 aromatic heterocycles. The van der Waals surface area contributed by atoms with Crippen LogP contribution in [0.25, 0.3) is 0 Å². The fourth-order valence-corrected chi connectivity index (χ4v) is 3.61. The van der Waals surface area contributed by atoms with Crippen molar-refractivity contribution in [2.75, 3.05) is 13.7 Å². The Morgan fingerprint density at radius 3 is 2.82 bits per heavy atom. The summed E-state index contributed by atoms with van der Waals surface area (Å²) in [4.78, 5) is 11.0. The zero-order chi connectivity index (χ0) is 20.1. The molecular weight excluding hydrogens is 382 g/mol. The van der Waals surface area contributed by atoms with Crippen LogP contribution in [0.2, 0.25) is 0 Å². The molecule has 1 aliphatic rings. The predicted molar refractivity (Wildman–Crippen MR) is 107 cm³/mol. The van der Waals surface area contributed by atoms with Crippen molar-refractivity contribution in [2.45, 2.75) is 44.9 Å². The van der Waals surface area contributed by atoms with E-state index in [0.29, 0.717) is 22.9 Å². The minimum absolute atomic E-state index is 0.106. The Morgan fingerprint density at radius 1 is 1.43 bits per heavy atom. The summed E-state index contributed by atoms with van der Waals surface area (Å²) in [5.41, 5.74) is 0.329. The van der Waals surface area contributed by atoms with Gasteiger partial charge in [-0.25, -0.2) is 0 Å². The highest BCUT2D eigenvalue weighted by Crippen LogP contribution is 2.38. The normalized spacial score (nSPS) is 15.1. The van der Waals surface area contributed by atoms with E-state index in [1.165, 1.54) is 25.8 Å². The Balaban J connectivity index is 1.97. The summed E-state index contributed by atoms with van der Waals surface area (Å²) in [6, 6.07) is 3.05. The van der Waals surface area contributed by atoms with E-state index in [2.05, 4.69) is 15.3 Å². The molecule has 3 rings (SSSR count). The highest BCUT2D eigenvalue weighted by atomic mass is 32.1. The van der Waals surface area contributed by atoms with Crippen molar-refractivity contribution in [3.8, 4) is 11.5 Å². The first-order valence-electron chi connectivity index (χ1n) is 9.26. The lowest BCUT2D eigenvalue weighted by atomic mass is 9.89. The van der Waals surface area contributed by atoms with Gasteiger partial charge in [0.15, 0.2) is 11.6 Å². The molecule has 0 radical (unpaired) electrons. The highest BCUT2D eigenvalue weighted by Gasteiger charge is 2.23. The molecule has 1 heterocycles. The van der Waals surface area contributed by atoms with Crippen LogP contribution in [0.1, 0.15) is 56.3 Å². The van der Waals surface area contributed by atoms with Gasteiger partial charge in [-0.2, -0.15) is 14.9 Å². The average Bonchev–Trinajstić information content (AvgIpc) is 3.08. The molecule has 1 fully saturated rings. The lowest BCUT2D eigenvalue weighted by Gasteiger charge is -2.19. The largest absolute Gasteiger partial charge is 0.493 e. The van der Waals surface area contributed by atoms with E-state index in [-0.39, 0.29) is 17.2 Å². The van der Waals surface area contributed by atoms with Gasteiger partial charge in [-0.05, 0) is 38.0 Å². The van der Waals surface area contributed by atoms with Crippen molar-refractivity contribution in [3.05, 3.63) is 38.4 Å². The van der Waals surface area contributed by atoms with E-state index in [4.69, 9.17) is 21.7 Å². The number of nitro benzene ring substituents is 1. The maximum atomic E-state index is 11.5. The minimum Gasteiger partial charge on any atom is -0.493 e. The molecule has 0 atom stereocenters. The Labute approximate surface area is 167 Å². The van der Waals surface area contributed by atoms with Gasteiger partial charge in [0.2, 0.25) is 10.5 Å². The molecular formula is C18H23N5O4S. The molecule has 0 spiro atoms. The van der Waals surface area contributed by atoms with Crippen LogP contribution in [0.3, 0.4) is 0 Å². The number of benzene rings is 1. The van der Waals surface area contributed by atoms with E-state index in [0.717, 1.165) is 31.5 Å². The maximum absolute atomic E-state index is 11.5. The van der Waals surface area contributed by atoms with Gasteiger partial charge in [0.1, 0.15) is 0 Å². The molecule has 2 aromatic rings. The molecule has 10 heteroatoms. The highest BCUT2D eigenvalue weighted by molar-refractivity contribution is 7.71. The standard InChI is InChI=1S/C18H23N5O4S/c1-3-27-16-14(23(24)25)9-12(10-15(16)26-2)11-19-22-17(20-21-18(22)28)13-7-5-4-6-8-13/h9-11,13H,3-8H2,1-2H3,(H,21,28)/b19-11-. The van der Waals surface area contributed by atoms with Crippen molar-refractivity contribution >= 4 is 24.1 Å². The van der Waals surface area contributed by atoms with Gasteiger partial charge < -0.3 is 9.47 Å². The van der Waals surface area contributed by atoms with Crippen molar-refractivity contribution < 1.29 is 14.4 Å². The first-order valence-corrected chi connectivity index (χ1v) is 9.66. The third-order valence-electron chi connectivity index (χ3n) is 4.73. The lowest BCUT2D eigenvalue weighted by molar-refractivity contribution is -0.385. The number of rotatable bonds is 7. The number of hydrogen-bond acceptors (Lipinski definition) is 7. The number of methoxy groups -OCH3 is 1. The molecule has 0 saturated heterocycles. The van der Waals surface area contributed by atoms with Gasteiger partial charge in [0.05, 0.1) is 24.9 Å². The zero-order valence-electron chi connectivity index (χ0n) is 15.9. The maximum Gasteiger partial charge on any atom is 0.315 e. The molecule has 1 aromatic carbocycles. The van der Waals surface area contributed by atoms with Crippen molar-refractivity contribution in [2.24, 2.45) is 5.10 Å². The molecule has 150 valence electrons.